The lowest BCUT2D eigenvalue weighted by Gasteiger charge is -2.17. The van der Waals surface area contributed by atoms with Crippen molar-refractivity contribution < 1.29 is 19.1 Å². The Morgan fingerprint density at radius 3 is 2.64 bits per heavy atom. The zero-order valence-electron chi connectivity index (χ0n) is 14.2. The molecule has 0 atom stereocenters. The molecule has 0 spiro atoms. The summed E-state index contributed by atoms with van der Waals surface area (Å²) in [6.45, 7) is 0.411. The number of anilines is 1. The second-order valence-corrected chi connectivity index (χ2v) is 5.79. The van der Waals surface area contributed by atoms with Gasteiger partial charge in [0.25, 0.3) is 5.91 Å². The molecule has 0 unspecified atom stereocenters. The van der Waals surface area contributed by atoms with Gasteiger partial charge in [-0.25, -0.2) is 0 Å². The maximum atomic E-state index is 12.4. The second kappa shape index (κ2) is 7.25. The van der Waals surface area contributed by atoms with Crippen molar-refractivity contribution in [3.63, 3.8) is 0 Å². The molecule has 1 heterocycles. The van der Waals surface area contributed by atoms with Gasteiger partial charge < -0.3 is 20.1 Å². The van der Waals surface area contributed by atoms with Gasteiger partial charge in [0.2, 0.25) is 5.91 Å². The van der Waals surface area contributed by atoms with E-state index < -0.39 is 0 Å². The number of aryl methyl sites for hydroxylation is 1. The summed E-state index contributed by atoms with van der Waals surface area (Å²) in [5.41, 5.74) is 3.44. The first-order chi connectivity index (χ1) is 12.1. The van der Waals surface area contributed by atoms with Gasteiger partial charge in [-0.2, -0.15) is 0 Å². The fourth-order valence-corrected chi connectivity index (χ4v) is 2.81. The number of benzene rings is 2. The van der Waals surface area contributed by atoms with Gasteiger partial charge in [0.1, 0.15) is 0 Å². The molecule has 2 aromatic rings. The van der Waals surface area contributed by atoms with Crippen molar-refractivity contribution in [2.75, 3.05) is 19.5 Å². The van der Waals surface area contributed by atoms with Crippen LogP contribution in [0.2, 0.25) is 0 Å². The molecule has 130 valence electrons. The minimum Gasteiger partial charge on any atom is -0.493 e. The zero-order chi connectivity index (χ0) is 17.8. The Morgan fingerprint density at radius 2 is 1.88 bits per heavy atom. The van der Waals surface area contributed by atoms with E-state index in [2.05, 4.69) is 10.6 Å². The van der Waals surface area contributed by atoms with Crippen LogP contribution < -0.4 is 20.1 Å². The molecule has 2 aromatic carbocycles. The summed E-state index contributed by atoms with van der Waals surface area (Å²) in [5, 5.41) is 5.75. The van der Waals surface area contributed by atoms with Gasteiger partial charge in [-0.1, -0.05) is 12.1 Å². The van der Waals surface area contributed by atoms with Crippen molar-refractivity contribution in [3.05, 3.63) is 53.1 Å². The van der Waals surface area contributed by atoms with E-state index in [0.717, 1.165) is 23.2 Å². The van der Waals surface area contributed by atoms with Gasteiger partial charge in [0.15, 0.2) is 11.5 Å². The molecule has 0 aromatic heterocycles. The van der Waals surface area contributed by atoms with Crippen LogP contribution in [0.3, 0.4) is 0 Å². The van der Waals surface area contributed by atoms with Crippen molar-refractivity contribution in [2.45, 2.75) is 19.4 Å². The van der Waals surface area contributed by atoms with Crippen LogP contribution in [0.15, 0.2) is 36.4 Å². The Balaban J connectivity index is 1.67. The molecule has 6 heteroatoms. The molecule has 0 fully saturated rings. The van der Waals surface area contributed by atoms with Crippen LogP contribution in [-0.4, -0.2) is 26.0 Å². The van der Waals surface area contributed by atoms with Crippen molar-refractivity contribution in [1.29, 1.82) is 0 Å². The van der Waals surface area contributed by atoms with Gasteiger partial charge in [-0.3, -0.25) is 9.59 Å². The van der Waals surface area contributed by atoms with Gasteiger partial charge in [-0.15, -0.1) is 0 Å². The maximum absolute atomic E-state index is 12.4. The zero-order valence-corrected chi connectivity index (χ0v) is 14.2. The van der Waals surface area contributed by atoms with E-state index in [0.29, 0.717) is 30.0 Å². The van der Waals surface area contributed by atoms with Crippen LogP contribution >= 0.6 is 0 Å². The summed E-state index contributed by atoms with van der Waals surface area (Å²) in [6.07, 6.45) is 1.22. The third-order valence-electron chi connectivity index (χ3n) is 4.16. The Kier molecular flexibility index (Phi) is 4.88. The highest BCUT2D eigenvalue weighted by Gasteiger charge is 2.15. The predicted octanol–water partition coefficient (Wildman–Crippen LogP) is 2.52. The molecule has 3 rings (SSSR count). The topological polar surface area (TPSA) is 76.7 Å². The van der Waals surface area contributed by atoms with E-state index >= 15 is 0 Å². The molecule has 1 aliphatic heterocycles. The highest BCUT2D eigenvalue weighted by atomic mass is 16.5. The lowest BCUT2D eigenvalue weighted by Crippen LogP contribution is -2.23. The quantitative estimate of drug-likeness (QED) is 0.877. The fourth-order valence-electron chi connectivity index (χ4n) is 2.81. The largest absolute Gasteiger partial charge is 0.493 e. The van der Waals surface area contributed by atoms with E-state index in [9.17, 15) is 9.59 Å². The van der Waals surface area contributed by atoms with Gasteiger partial charge in [0, 0.05) is 24.2 Å². The van der Waals surface area contributed by atoms with E-state index in [4.69, 9.17) is 9.47 Å². The van der Waals surface area contributed by atoms with E-state index in [1.807, 2.05) is 18.2 Å². The number of hydrogen-bond donors (Lipinski definition) is 2. The number of hydrogen-bond acceptors (Lipinski definition) is 4. The van der Waals surface area contributed by atoms with E-state index in [1.165, 1.54) is 7.11 Å². The van der Waals surface area contributed by atoms with Crippen LogP contribution in [-0.2, 0) is 17.8 Å². The monoisotopic (exact) mass is 340 g/mol. The molecule has 25 heavy (non-hydrogen) atoms. The lowest BCUT2D eigenvalue weighted by atomic mass is 10.0. The normalized spacial score (nSPS) is 12.8. The Hall–Kier alpha value is -3.02. The molecule has 0 bridgehead atoms. The summed E-state index contributed by atoms with van der Waals surface area (Å²) in [7, 11) is 3.08. The Labute approximate surface area is 146 Å². The van der Waals surface area contributed by atoms with Gasteiger partial charge in [-0.05, 0) is 41.8 Å². The average molecular weight is 340 g/mol. The minimum atomic E-state index is -0.188. The summed E-state index contributed by atoms with van der Waals surface area (Å²) < 4.78 is 10.4. The molecule has 1 aliphatic rings. The summed E-state index contributed by atoms with van der Waals surface area (Å²) in [4.78, 5) is 23.7. The first-order valence-electron chi connectivity index (χ1n) is 8.02. The van der Waals surface area contributed by atoms with Gasteiger partial charge in [0.05, 0.1) is 14.2 Å². The smallest absolute Gasteiger partial charge is 0.251 e. The van der Waals surface area contributed by atoms with Crippen molar-refractivity contribution in [1.82, 2.24) is 5.32 Å². The highest BCUT2D eigenvalue weighted by molar-refractivity contribution is 5.95. The molecule has 0 radical (unpaired) electrons. The second-order valence-electron chi connectivity index (χ2n) is 5.79. The number of carbonyl (C=O) groups is 2. The third kappa shape index (κ3) is 3.74. The minimum absolute atomic E-state index is 0.0435. The summed E-state index contributed by atoms with van der Waals surface area (Å²) in [6, 6.07) is 10.8. The molecule has 2 amide bonds. The van der Waals surface area contributed by atoms with Crippen molar-refractivity contribution >= 4 is 17.5 Å². The SMILES string of the molecule is COc1ccc(C(=O)NCc2ccc3c(c2)CCC(=O)N3)cc1OC. The number of rotatable bonds is 5. The number of amides is 2. The third-order valence-corrected chi connectivity index (χ3v) is 4.16. The van der Waals surface area contributed by atoms with Crippen LogP contribution in [0.5, 0.6) is 11.5 Å². The predicted molar refractivity (Wildman–Crippen MR) is 94.1 cm³/mol. The lowest BCUT2D eigenvalue weighted by molar-refractivity contribution is -0.116. The molecule has 0 aliphatic carbocycles. The fraction of sp³-hybridized carbons (Fsp3) is 0.263. The van der Waals surface area contributed by atoms with E-state index in [1.54, 1.807) is 25.3 Å². The Bertz CT molecular complexity index is 817. The first-order valence-corrected chi connectivity index (χ1v) is 8.02. The number of nitrogens with one attached hydrogen (secondary N) is 2. The first kappa shape index (κ1) is 16.8. The number of methoxy groups -OCH3 is 2. The molecular weight excluding hydrogens is 320 g/mol. The Morgan fingerprint density at radius 1 is 1.08 bits per heavy atom. The number of ether oxygens (including phenoxy) is 2. The maximum Gasteiger partial charge on any atom is 0.251 e. The standard InChI is InChI=1S/C19H20N2O4/c1-24-16-7-4-14(10-17(16)25-2)19(23)20-11-12-3-6-15-13(9-12)5-8-18(22)21-15/h3-4,6-7,9-10H,5,8,11H2,1-2H3,(H,20,23)(H,21,22). The van der Waals surface area contributed by atoms with Crippen LogP contribution in [0, 0.1) is 0 Å². The number of carbonyl (C=O) groups excluding carboxylic acids is 2. The van der Waals surface area contributed by atoms with Crippen LogP contribution in [0.4, 0.5) is 5.69 Å². The van der Waals surface area contributed by atoms with Gasteiger partial charge >= 0.3 is 0 Å². The molecule has 0 saturated carbocycles. The summed E-state index contributed by atoms with van der Waals surface area (Å²) >= 11 is 0. The summed E-state index contributed by atoms with van der Waals surface area (Å²) in [5.74, 6) is 0.949. The molecule has 2 N–H and O–H groups in total. The van der Waals surface area contributed by atoms with Crippen molar-refractivity contribution in [2.24, 2.45) is 0 Å². The molecule has 0 saturated heterocycles. The van der Waals surface area contributed by atoms with E-state index in [-0.39, 0.29) is 11.8 Å². The molecular formula is C19H20N2O4. The van der Waals surface area contributed by atoms with Crippen LogP contribution in [0.1, 0.15) is 27.9 Å². The average Bonchev–Trinajstić information content (AvgIpc) is 2.65. The van der Waals surface area contributed by atoms with Crippen molar-refractivity contribution in [3.8, 4) is 11.5 Å². The van der Waals surface area contributed by atoms with Crippen LogP contribution in [0.25, 0.3) is 0 Å². The molecule has 6 nitrogen and oxygen atoms in total. The highest BCUT2D eigenvalue weighted by Crippen LogP contribution is 2.27. The number of fused-ring (bicyclic) bond motifs is 1.